The highest BCUT2D eigenvalue weighted by atomic mass is 16.2. The normalized spacial score (nSPS) is 16.4. The fourth-order valence-corrected chi connectivity index (χ4v) is 3.07. The second-order valence-corrected chi connectivity index (χ2v) is 6.50. The Labute approximate surface area is 144 Å². The average Bonchev–Trinajstić information content (AvgIpc) is 2.63. The summed E-state index contributed by atoms with van der Waals surface area (Å²) in [5.41, 5.74) is 0.325. The Hall–Kier alpha value is -1.98. The van der Waals surface area contributed by atoms with E-state index in [2.05, 4.69) is 15.3 Å². The van der Waals surface area contributed by atoms with Gasteiger partial charge in [0.2, 0.25) is 5.91 Å². The Morgan fingerprint density at radius 2 is 2.04 bits per heavy atom. The van der Waals surface area contributed by atoms with Gasteiger partial charge in [0, 0.05) is 37.4 Å². The quantitative estimate of drug-likeness (QED) is 0.832. The Balaban J connectivity index is 1.91. The topological polar surface area (TPSA) is 75.2 Å². The van der Waals surface area contributed by atoms with Crippen LogP contribution in [-0.4, -0.2) is 45.3 Å². The molecule has 0 bridgehead atoms. The van der Waals surface area contributed by atoms with Gasteiger partial charge in [0.25, 0.3) is 5.91 Å². The summed E-state index contributed by atoms with van der Waals surface area (Å²) in [5, 5.41) is 3.10. The highest BCUT2D eigenvalue weighted by Gasteiger charge is 2.23. The zero-order valence-electron chi connectivity index (χ0n) is 14.7. The van der Waals surface area contributed by atoms with Crippen LogP contribution in [0.4, 0.5) is 0 Å². The van der Waals surface area contributed by atoms with Crippen molar-refractivity contribution in [1.29, 1.82) is 0 Å². The molecule has 0 aliphatic heterocycles. The van der Waals surface area contributed by atoms with Gasteiger partial charge in [0.05, 0.1) is 6.20 Å². The molecule has 1 aromatic heterocycles. The number of rotatable bonds is 7. The number of hydrogen-bond donors (Lipinski definition) is 1. The SMILES string of the molecule is CCC(C)N(CCC(=O)NC1CCCCC1)C(=O)c1cnccn1. The summed E-state index contributed by atoms with van der Waals surface area (Å²) in [6.07, 6.45) is 11.5. The molecule has 6 nitrogen and oxygen atoms in total. The van der Waals surface area contributed by atoms with E-state index in [-0.39, 0.29) is 17.9 Å². The van der Waals surface area contributed by atoms with E-state index in [1.807, 2.05) is 13.8 Å². The van der Waals surface area contributed by atoms with Gasteiger partial charge in [-0.3, -0.25) is 14.6 Å². The van der Waals surface area contributed by atoms with E-state index < -0.39 is 0 Å². The van der Waals surface area contributed by atoms with Crippen molar-refractivity contribution in [2.24, 2.45) is 0 Å². The maximum atomic E-state index is 12.6. The van der Waals surface area contributed by atoms with Crippen molar-refractivity contribution in [3.63, 3.8) is 0 Å². The van der Waals surface area contributed by atoms with Crippen molar-refractivity contribution < 1.29 is 9.59 Å². The van der Waals surface area contributed by atoms with Gasteiger partial charge in [-0.25, -0.2) is 4.98 Å². The monoisotopic (exact) mass is 332 g/mol. The molecule has 0 saturated heterocycles. The zero-order chi connectivity index (χ0) is 17.4. The molecule has 1 atom stereocenters. The van der Waals surface area contributed by atoms with Gasteiger partial charge in [-0.05, 0) is 26.2 Å². The van der Waals surface area contributed by atoms with Crippen molar-refractivity contribution in [3.8, 4) is 0 Å². The smallest absolute Gasteiger partial charge is 0.274 e. The molecule has 1 unspecified atom stereocenters. The second kappa shape index (κ2) is 9.35. The number of carbonyl (C=O) groups excluding carboxylic acids is 2. The van der Waals surface area contributed by atoms with E-state index in [9.17, 15) is 9.59 Å². The third-order valence-corrected chi connectivity index (χ3v) is 4.72. The minimum absolute atomic E-state index is 0.0298. The van der Waals surface area contributed by atoms with Gasteiger partial charge >= 0.3 is 0 Å². The third kappa shape index (κ3) is 5.28. The molecule has 0 radical (unpaired) electrons. The summed E-state index contributed by atoms with van der Waals surface area (Å²) >= 11 is 0. The summed E-state index contributed by atoms with van der Waals surface area (Å²) in [7, 11) is 0. The molecular formula is C18H28N4O2. The summed E-state index contributed by atoms with van der Waals surface area (Å²) in [6.45, 7) is 4.43. The Morgan fingerprint density at radius 1 is 1.29 bits per heavy atom. The van der Waals surface area contributed by atoms with Crippen LogP contribution in [0.2, 0.25) is 0 Å². The van der Waals surface area contributed by atoms with Crippen LogP contribution in [-0.2, 0) is 4.79 Å². The molecule has 0 spiro atoms. The van der Waals surface area contributed by atoms with Crippen LogP contribution in [0.3, 0.4) is 0 Å². The molecule has 2 amide bonds. The van der Waals surface area contributed by atoms with E-state index in [0.717, 1.165) is 19.3 Å². The van der Waals surface area contributed by atoms with Gasteiger partial charge < -0.3 is 10.2 Å². The zero-order valence-corrected chi connectivity index (χ0v) is 14.7. The first kappa shape index (κ1) is 18.4. The van der Waals surface area contributed by atoms with E-state index in [1.54, 1.807) is 11.1 Å². The van der Waals surface area contributed by atoms with Crippen LogP contribution in [0.5, 0.6) is 0 Å². The molecular weight excluding hydrogens is 304 g/mol. The maximum Gasteiger partial charge on any atom is 0.274 e. The molecule has 2 rings (SSSR count). The van der Waals surface area contributed by atoms with Crippen molar-refractivity contribution >= 4 is 11.8 Å². The fourth-order valence-electron chi connectivity index (χ4n) is 3.07. The number of carbonyl (C=O) groups is 2. The van der Waals surface area contributed by atoms with E-state index in [0.29, 0.717) is 24.7 Å². The Kier molecular flexibility index (Phi) is 7.15. The highest BCUT2D eigenvalue weighted by molar-refractivity contribution is 5.92. The lowest BCUT2D eigenvalue weighted by atomic mass is 9.95. The van der Waals surface area contributed by atoms with Crippen LogP contribution in [0.15, 0.2) is 18.6 Å². The van der Waals surface area contributed by atoms with E-state index in [1.165, 1.54) is 31.7 Å². The van der Waals surface area contributed by atoms with Crippen LogP contribution in [0, 0.1) is 0 Å². The predicted molar refractivity (Wildman–Crippen MR) is 92.5 cm³/mol. The summed E-state index contributed by atoms with van der Waals surface area (Å²) in [6, 6.07) is 0.362. The standard InChI is InChI=1S/C18H28N4O2/c1-3-14(2)22(18(24)16-13-19-10-11-20-16)12-9-17(23)21-15-7-5-4-6-8-15/h10-11,13-15H,3-9,12H2,1-2H3,(H,21,23). The van der Waals surface area contributed by atoms with Crippen LogP contribution >= 0.6 is 0 Å². The molecule has 132 valence electrons. The highest BCUT2D eigenvalue weighted by Crippen LogP contribution is 2.17. The van der Waals surface area contributed by atoms with Gasteiger partial charge in [0.1, 0.15) is 5.69 Å². The van der Waals surface area contributed by atoms with Crippen molar-refractivity contribution in [1.82, 2.24) is 20.2 Å². The minimum atomic E-state index is -0.164. The first-order chi connectivity index (χ1) is 11.6. The Morgan fingerprint density at radius 3 is 2.67 bits per heavy atom. The third-order valence-electron chi connectivity index (χ3n) is 4.72. The average molecular weight is 332 g/mol. The number of nitrogens with one attached hydrogen (secondary N) is 1. The van der Waals surface area contributed by atoms with Crippen LogP contribution in [0.1, 0.15) is 69.3 Å². The van der Waals surface area contributed by atoms with Crippen molar-refractivity contribution in [3.05, 3.63) is 24.3 Å². The summed E-state index contributed by atoms with van der Waals surface area (Å²) in [4.78, 5) is 34.6. The number of aromatic nitrogens is 2. The fraction of sp³-hybridized carbons (Fsp3) is 0.667. The van der Waals surface area contributed by atoms with Gasteiger partial charge in [-0.15, -0.1) is 0 Å². The summed E-state index contributed by atoms with van der Waals surface area (Å²) in [5.74, 6) is -0.134. The molecule has 1 aliphatic rings. The lowest BCUT2D eigenvalue weighted by molar-refractivity contribution is -0.122. The Bertz CT molecular complexity index is 529. The maximum absolute atomic E-state index is 12.6. The van der Waals surface area contributed by atoms with Gasteiger partial charge in [-0.1, -0.05) is 26.2 Å². The largest absolute Gasteiger partial charge is 0.353 e. The molecule has 1 fully saturated rings. The summed E-state index contributed by atoms with van der Waals surface area (Å²) < 4.78 is 0. The van der Waals surface area contributed by atoms with Crippen LogP contribution < -0.4 is 5.32 Å². The lowest BCUT2D eigenvalue weighted by Crippen LogP contribution is -2.42. The number of hydrogen-bond acceptors (Lipinski definition) is 4. The predicted octanol–water partition coefficient (Wildman–Crippen LogP) is 2.56. The molecule has 6 heteroatoms. The van der Waals surface area contributed by atoms with E-state index in [4.69, 9.17) is 0 Å². The molecule has 1 aliphatic carbocycles. The molecule has 1 heterocycles. The van der Waals surface area contributed by atoms with Gasteiger partial charge in [0.15, 0.2) is 0 Å². The lowest BCUT2D eigenvalue weighted by Gasteiger charge is -2.29. The molecule has 1 saturated carbocycles. The molecule has 1 aromatic rings. The van der Waals surface area contributed by atoms with Crippen molar-refractivity contribution in [2.75, 3.05) is 6.54 Å². The number of amides is 2. The first-order valence-corrected chi connectivity index (χ1v) is 8.98. The number of nitrogens with zero attached hydrogens (tertiary/aromatic N) is 3. The van der Waals surface area contributed by atoms with E-state index >= 15 is 0 Å². The second-order valence-electron chi connectivity index (χ2n) is 6.50. The van der Waals surface area contributed by atoms with Crippen molar-refractivity contribution in [2.45, 2.75) is 70.9 Å². The van der Waals surface area contributed by atoms with Crippen LogP contribution in [0.25, 0.3) is 0 Å². The molecule has 24 heavy (non-hydrogen) atoms. The first-order valence-electron chi connectivity index (χ1n) is 8.98. The minimum Gasteiger partial charge on any atom is -0.353 e. The molecule has 0 aromatic carbocycles. The molecule has 1 N–H and O–H groups in total. The van der Waals surface area contributed by atoms with Gasteiger partial charge in [-0.2, -0.15) is 0 Å².